The number of aromatic amines is 1. The zero-order chi connectivity index (χ0) is 18.4. The van der Waals surface area contributed by atoms with Crippen molar-refractivity contribution in [3.8, 4) is 11.5 Å². The topological polar surface area (TPSA) is 63.3 Å². The number of amides is 1. The first-order chi connectivity index (χ1) is 12.7. The maximum absolute atomic E-state index is 12.1. The Labute approximate surface area is 156 Å². The molecule has 3 aromatic rings. The summed E-state index contributed by atoms with van der Waals surface area (Å²) in [5, 5.41) is 3.33. The molecule has 0 aliphatic carbocycles. The van der Waals surface area contributed by atoms with Crippen molar-refractivity contribution in [2.45, 2.75) is 13.2 Å². The summed E-state index contributed by atoms with van der Waals surface area (Å²) >= 11 is 5.81. The van der Waals surface area contributed by atoms with Crippen LogP contribution >= 0.6 is 11.6 Å². The van der Waals surface area contributed by atoms with Crippen LogP contribution in [-0.4, -0.2) is 18.0 Å². The Morgan fingerprint density at radius 1 is 1.08 bits per heavy atom. The van der Waals surface area contributed by atoms with E-state index in [0.29, 0.717) is 35.4 Å². The number of aromatic nitrogens is 1. The molecule has 134 valence electrons. The highest BCUT2D eigenvalue weighted by molar-refractivity contribution is 6.30. The predicted octanol–water partition coefficient (Wildman–Crippen LogP) is 4.19. The largest absolute Gasteiger partial charge is 0.493 e. The predicted molar refractivity (Wildman–Crippen MR) is 101 cm³/mol. The minimum absolute atomic E-state index is 0.222. The molecule has 2 N–H and O–H groups in total. The molecule has 0 aliphatic rings. The third kappa shape index (κ3) is 4.58. The number of rotatable bonds is 7. The van der Waals surface area contributed by atoms with Crippen molar-refractivity contribution in [3.05, 3.63) is 82.6 Å². The van der Waals surface area contributed by atoms with E-state index in [9.17, 15) is 4.79 Å². The molecule has 0 saturated heterocycles. The van der Waals surface area contributed by atoms with Crippen LogP contribution in [-0.2, 0) is 13.2 Å². The Bertz CT molecular complexity index is 878. The van der Waals surface area contributed by atoms with Crippen molar-refractivity contribution < 1.29 is 14.3 Å². The van der Waals surface area contributed by atoms with E-state index in [0.717, 1.165) is 11.1 Å². The SMILES string of the molecule is COc1cc(CNC(=O)c2cc(Cl)c[nH]2)ccc1OCc1ccccc1. The highest BCUT2D eigenvalue weighted by atomic mass is 35.5. The summed E-state index contributed by atoms with van der Waals surface area (Å²) in [6.45, 7) is 0.825. The van der Waals surface area contributed by atoms with Gasteiger partial charge in [0.2, 0.25) is 0 Å². The molecule has 0 spiro atoms. The Morgan fingerprint density at radius 3 is 2.58 bits per heavy atom. The molecule has 0 unspecified atom stereocenters. The zero-order valence-corrected chi connectivity index (χ0v) is 15.0. The molecule has 1 heterocycles. The average Bonchev–Trinajstić information content (AvgIpc) is 3.12. The van der Waals surface area contributed by atoms with Gasteiger partial charge in [0.1, 0.15) is 12.3 Å². The van der Waals surface area contributed by atoms with Crippen LogP contribution in [0.2, 0.25) is 5.02 Å². The van der Waals surface area contributed by atoms with E-state index in [2.05, 4.69) is 10.3 Å². The Morgan fingerprint density at radius 2 is 1.88 bits per heavy atom. The fraction of sp³-hybridized carbons (Fsp3) is 0.150. The van der Waals surface area contributed by atoms with Gasteiger partial charge < -0.3 is 19.8 Å². The van der Waals surface area contributed by atoms with Gasteiger partial charge in [0.25, 0.3) is 5.91 Å². The number of carbonyl (C=O) groups excluding carboxylic acids is 1. The maximum atomic E-state index is 12.1. The van der Waals surface area contributed by atoms with E-state index < -0.39 is 0 Å². The van der Waals surface area contributed by atoms with Crippen molar-refractivity contribution in [1.82, 2.24) is 10.3 Å². The summed E-state index contributed by atoms with van der Waals surface area (Å²) in [6.07, 6.45) is 1.57. The standard InChI is InChI=1S/C20H19ClN2O3/c1-25-19-9-15(11-23-20(24)17-10-16(21)12-22-17)7-8-18(19)26-13-14-5-3-2-4-6-14/h2-10,12,22H,11,13H2,1H3,(H,23,24). The summed E-state index contributed by atoms with van der Waals surface area (Å²) < 4.78 is 11.2. The van der Waals surface area contributed by atoms with Crippen LogP contribution in [0, 0.1) is 0 Å². The van der Waals surface area contributed by atoms with Gasteiger partial charge in [-0.3, -0.25) is 4.79 Å². The van der Waals surface area contributed by atoms with E-state index in [1.54, 1.807) is 19.4 Å². The van der Waals surface area contributed by atoms with Gasteiger partial charge in [-0.05, 0) is 29.3 Å². The van der Waals surface area contributed by atoms with Crippen molar-refractivity contribution >= 4 is 17.5 Å². The van der Waals surface area contributed by atoms with E-state index >= 15 is 0 Å². The molecular formula is C20H19ClN2O3. The van der Waals surface area contributed by atoms with Gasteiger partial charge in [-0.2, -0.15) is 0 Å². The van der Waals surface area contributed by atoms with Gasteiger partial charge >= 0.3 is 0 Å². The fourth-order valence-corrected chi connectivity index (χ4v) is 2.62. The zero-order valence-electron chi connectivity index (χ0n) is 14.3. The van der Waals surface area contributed by atoms with Gasteiger partial charge in [0.05, 0.1) is 12.1 Å². The summed E-state index contributed by atoms with van der Waals surface area (Å²) in [5.74, 6) is 1.05. The highest BCUT2D eigenvalue weighted by Crippen LogP contribution is 2.28. The molecule has 2 aromatic carbocycles. The Kier molecular flexibility index (Phi) is 5.81. The first-order valence-corrected chi connectivity index (χ1v) is 8.49. The van der Waals surface area contributed by atoms with Crippen LogP contribution in [0.4, 0.5) is 0 Å². The van der Waals surface area contributed by atoms with E-state index in [1.165, 1.54) is 0 Å². The second-order valence-corrected chi connectivity index (χ2v) is 6.11. The van der Waals surface area contributed by atoms with Crippen LogP contribution in [0.1, 0.15) is 21.6 Å². The van der Waals surface area contributed by atoms with Crippen molar-refractivity contribution in [1.29, 1.82) is 0 Å². The van der Waals surface area contributed by atoms with Crippen LogP contribution < -0.4 is 14.8 Å². The first-order valence-electron chi connectivity index (χ1n) is 8.11. The number of ether oxygens (including phenoxy) is 2. The number of halogens is 1. The lowest BCUT2D eigenvalue weighted by atomic mass is 10.2. The van der Waals surface area contributed by atoms with E-state index in [4.69, 9.17) is 21.1 Å². The first kappa shape index (κ1) is 17.9. The molecule has 0 bridgehead atoms. The Hall–Kier alpha value is -2.92. The van der Waals surface area contributed by atoms with Crippen LogP contribution in [0.15, 0.2) is 60.8 Å². The second kappa shape index (κ2) is 8.45. The average molecular weight is 371 g/mol. The van der Waals surface area contributed by atoms with Crippen LogP contribution in [0.5, 0.6) is 11.5 Å². The number of hydrogen-bond acceptors (Lipinski definition) is 3. The van der Waals surface area contributed by atoms with E-state index in [1.807, 2.05) is 48.5 Å². The van der Waals surface area contributed by atoms with Gasteiger partial charge in [-0.25, -0.2) is 0 Å². The third-order valence-corrected chi connectivity index (χ3v) is 4.03. The molecule has 5 nitrogen and oxygen atoms in total. The third-order valence-electron chi connectivity index (χ3n) is 3.81. The maximum Gasteiger partial charge on any atom is 0.268 e. The molecule has 3 rings (SSSR count). The fourth-order valence-electron chi connectivity index (χ4n) is 2.45. The van der Waals surface area contributed by atoms with Crippen molar-refractivity contribution in [3.63, 3.8) is 0 Å². The molecule has 0 fully saturated rings. The molecule has 1 aromatic heterocycles. The highest BCUT2D eigenvalue weighted by Gasteiger charge is 2.10. The summed E-state index contributed by atoms with van der Waals surface area (Å²) in [5.41, 5.74) is 2.40. The summed E-state index contributed by atoms with van der Waals surface area (Å²) in [6, 6.07) is 17.1. The normalized spacial score (nSPS) is 10.4. The monoisotopic (exact) mass is 370 g/mol. The number of nitrogens with one attached hydrogen (secondary N) is 2. The summed E-state index contributed by atoms with van der Waals surface area (Å²) in [7, 11) is 1.59. The number of benzene rings is 2. The lowest BCUT2D eigenvalue weighted by Gasteiger charge is -2.12. The molecule has 0 radical (unpaired) electrons. The van der Waals surface area contributed by atoms with Gasteiger partial charge in [0.15, 0.2) is 11.5 Å². The lowest BCUT2D eigenvalue weighted by molar-refractivity contribution is 0.0946. The lowest BCUT2D eigenvalue weighted by Crippen LogP contribution is -2.23. The molecule has 0 atom stereocenters. The van der Waals surface area contributed by atoms with Crippen LogP contribution in [0.25, 0.3) is 0 Å². The number of hydrogen-bond donors (Lipinski definition) is 2. The minimum Gasteiger partial charge on any atom is -0.493 e. The number of carbonyl (C=O) groups is 1. The van der Waals surface area contributed by atoms with Gasteiger partial charge in [-0.1, -0.05) is 48.0 Å². The number of H-pyrrole nitrogens is 1. The molecule has 0 aliphatic heterocycles. The quantitative estimate of drug-likeness (QED) is 0.655. The summed E-state index contributed by atoms with van der Waals surface area (Å²) in [4.78, 5) is 14.9. The Balaban J connectivity index is 1.61. The minimum atomic E-state index is -0.222. The smallest absolute Gasteiger partial charge is 0.268 e. The molecular weight excluding hydrogens is 352 g/mol. The second-order valence-electron chi connectivity index (χ2n) is 5.67. The molecule has 26 heavy (non-hydrogen) atoms. The molecule has 6 heteroatoms. The van der Waals surface area contributed by atoms with Crippen molar-refractivity contribution in [2.24, 2.45) is 0 Å². The molecule has 1 amide bonds. The van der Waals surface area contributed by atoms with E-state index in [-0.39, 0.29) is 5.91 Å². The van der Waals surface area contributed by atoms with Crippen molar-refractivity contribution in [2.75, 3.05) is 7.11 Å². The van der Waals surface area contributed by atoms with Gasteiger partial charge in [-0.15, -0.1) is 0 Å². The molecule has 0 saturated carbocycles. The van der Waals surface area contributed by atoms with Crippen LogP contribution in [0.3, 0.4) is 0 Å². The number of methoxy groups -OCH3 is 1. The van der Waals surface area contributed by atoms with Gasteiger partial charge in [0, 0.05) is 12.7 Å².